The molecule has 1 aliphatic carbocycles. The third kappa shape index (κ3) is 6.50. The number of carbonyl (C=O) groups is 3. The number of benzene rings is 1. The molecule has 8 heteroatoms. The molecule has 25 heavy (non-hydrogen) atoms. The largest absolute Gasteiger partial charge is 0.347 e. The normalized spacial score (nSPS) is 14.2. The van der Waals surface area contributed by atoms with Crippen LogP contribution < -0.4 is 21.5 Å². The Bertz CT molecular complexity index is 630. The Kier molecular flexibility index (Phi) is 7.34. The fraction of sp³-hybridized carbons (Fsp3) is 0.412. The molecule has 0 unspecified atom stereocenters. The molecule has 0 spiro atoms. The monoisotopic (exact) mass is 362 g/mol. The number of hydrazine groups is 1. The highest BCUT2D eigenvalue weighted by Crippen LogP contribution is 2.23. The van der Waals surface area contributed by atoms with Gasteiger partial charge in [-0.2, -0.15) is 0 Å². The predicted octanol–water partition coefficient (Wildman–Crippen LogP) is 1.02. The van der Waals surface area contributed by atoms with Crippen molar-refractivity contribution >= 4 is 35.1 Å². The van der Waals surface area contributed by atoms with E-state index in [4.69, 9.17) is 12.2 Å². The van der Waals surface area contributed by atoms with Gasteiger partial charge in [-0.25, -0.2) is 0 Å². The van der Waals surface area contributed by atoms with E-state index in [0.29, 0.717) is 5.56 Å². The molecule has 0 saturated heterocycles. The molecule has 0 bridgehead atoms. The molecule has 1 aromatic carbocycles. The zero-order valence-corrected chi connectivity index (χ0v) is 14.7. The van der Waals surface area contributed by atoms with Crippen LogP contribution in [0.15, 0.2) is 30.3 Å². The SMILES string of the molecule is O=C(CNC(=O)C1CCCCC1)NNC(=S)NC(=O)c1ccccc1. The van der Waals surface area contributed by atoms with Gasteiger partial charge in [0.05, 0.1) is 6.54 Å². The first-order chi connectivity index (χ1) is 12.1. The maximum atomic E-state index is 11.9. The van der Waals surface area contributed by atoms with E-state index in [0.717, 1.165) is 25.7 Å². The maximum absolute atomic E-state index is 11.9. The van der Waals surface area contributed by atoms with E-state index < -0.39 is 5.91 Å². The van der Waals surface area contributed by atoms with Crippen LogP contribution in [0.4, 0.5) is 0 Å². The molecule has 1 aliphatic rings. The summed E-state index contributed by atoms with van der Waals surface area (Å²) in [5.41, 5.74) is 5.23. The van der Waals surface area contributed by atoms with Gasteiger partial charge in [-0.3, -0.25) is 30.6 Å². The third-order valence-electron chi connectivity index (χ3n) is 3.98. The van der Waals surface area contributed by atoms with Crippen LogP contribution in [0.25, 0.3) is 0 Å². The molecule has 0 heterocycles. The zero-order chi connectivity index (χ0) is 18.1. The van der Waals surface area contributed by atoms with Gasteiger partial charge in [-0.05, 0) is 37.2 Å². The molecule has 134 valence electrons. The van der Waals surface area contributed by atoms with Gasteiger partial charge >= 0.3 is 0 Å². The molecule has 0 aromatic heterocycles. The van der Waals surface area contributed by atoms with Crippen LogP contribution in [0.2, 0.25) is 0 Å². The van der Waals surface area contributed by atoms with Crippen LogP contribution in [-0.2, 0) is 9.59 Å². The van der Waals surface area contributed by atoms with Gasteiger partial charge < -0.3 is 5.32 Å². The van der Waals surface area contributed by atoms with Crippen LogP contribution in [0, 0.1) is 5.92 Å². The molecule has 7 nitrogen and oxygen atoms in total. The zero-order valence-electron chi connectivity index (χ0n) is 13.8. The summed E-state index contributed by atoms with van der Waals surface area (Å²) in [7, 11) is 0. The fourth-order valence-electron chi connectivity index (χ4n) is 2.64. The Labute approximate surface area is 151 Å². The molecule has 0 radical (unpaired) electrons. The van der Waals surface area contributed by atoms with Crippen LogP contribution in [0.5, 0.6) is 0 Å². The van der Waals surface area contributed by atoms with Gasteiger partial charge in [0.1, 0.15) is 0 Å². The van der Waals surface area contributed by atoms with Crippen molar-refractivity contribution in [3.63, 3.8) is 0 Å². The van der Waals surface area contributed by atoms with Crippen molar-refractivity contribution in [2.45, 2.75) is 32.1 Å². The number of thiocarbonyl (C=S) groups is 1. The van der Waals surface area contributed by atoms with E-state index in [-0.39, 0.29) is 29.4 Å². The van der Waals surface area contributed by atoms with Gasteiger partial charge in [0.25, 0.3) is 11.8 Å². The molecule has 2 rings (SSSR count). The number of carbonyl (C=O) groups excluding carboxylic acids is 3. The smallest absolute Gasteiger partial charge is 0.257 e. The second-order valence-corrected chi connectivity index (χ2v) is 6.28. The fourth-order valence-corrected chi connectivity index (χ4v) is 2.79. The summed E-state index contributed by atoms with van der Waals surface area (Å²) >= 11 is 4.94. The second kappa shape index (κ2) is 9.73. The summed E-state index contributed by atoms with van der Waals surface area (Å²) in [6.07, 6.45) is 5.03. The number of hydrogen-bond donors (Lipinski definition) is 4. The second-order valence-electron chi connectivity index (χ2n) is 5.88. The van der Waals surface area contributed by atoms with Crippen molar-refractivity contribution in [2.24, 2.45) is 5.92 Å². The van der Waals surface area contributed by atoms with E-state index in [1.165, 1.54) is 6.42 Å². The molecule has 4 N–H and O–H groups in total. The summed E-state index contributed by atoms with van der Waals surface area (Å²) in [4.78, 5) is 35.6. The van der Waals surface area contributed by atoms with Crippen LogP contribution in [0.3, 0.4) is 0 Å². The molecule has 1 fully saturated rings. The molecule has 0 atom stereocenters. The summed E-state index contributed by atoms with van der Waals surface area (Å²) in [5, 5.41) is 5.04. The molecular weight excluding hydrogens is 340 g/mol. The lowest BCUT2D eigenvalue weighted by molar-refractivity contribution is -0.129. The lowest BCUT2D eigenvalue weighted by atomic mass is 9.89. The van der Waals surface area contributed by atoms with Crippen molar-refractivity contribution in [2.75, 3.05) is 6.54 Å². The Hall–Kier alpha value is -2.48. The number of rotatable bonds is 4. The van der Waals surface area contributed by atoms with Crippen molar-refractivity contribution in [1.29, 1.82) is 0 Å². The van der Waals surface area contributed by atoms with Gasteiger partial charge in [-0.15, -0.1) is 0 Å². The minimum absolute atomic E-state index is 0.000691. The highest BCUT2D eigenvalue weighted by Gasteiger charge is 2.21. The standard InChI is InChI=1S/C17H22N4O3S/c22-14(11-18-15(23)12-7-3-1-4-8-12)20-21-17(25)19-16(24)13-9-5-2-6-10-13/h2,5-6,9-10,12H,1,3-4,7-8,11H2,(H,18,23)(H,20,22)(H2,19,21,24,25). The highest BCUT2D eigenvalue weighted by molar-refractivity contribution is 7.80. The molecule has 3 amide bonds. The first kappa shape index (κ1) is 18.9. The van der Waals surface area contributed by atoms with Crippen LogP contribution in [-0.4, -0.2) is 29.4 Å². The summed E-state index contributed by atoms with van der Waals surface area (Å²) in [6, 6.07) is 8.58. The Morgan fingerprint density at radius 3 is 2.36 bits per heavy atom. The minimum atomic E-state index is -0.444. The Morgan fingerprint density at radius 1 is 1.00 bits per heavy atom. The molecule has 0 aliphatic heterocycles. The lowest BCUT2D eigenvalue weighted by Gasteiger charge is -2.20. The molecule has 1 aromatic rings. The summed E-state index contributed by atoms with van der Waals surface area (Å²) in [5.74, 6) is -0.908. The Balaban J connectivity index is 1.64. The Morgan fingerprint density at radius 2 is 1.68 bits per heavy atom. The number of nitrogens with one attached hydrogen (secondary N) is 4. The highest BCUT2D eigenvalue weighted by atomic mass is 32.1. The average Bonchev–Trinajstić information content (AvgIpc) is 2.65. The first-order valence-electron chi connectivity index (χ1n) is 8.29. The van der Waals surface area contributed by atoms with Crippen LogP contribution >= 0.6 is 12.2 Å². The maximum Gasteiger partial charge on any atom is 0.257 e. The van der Waals surface area contributed by atoms with Crippen molar-refractivity contribution in [3.8, 4) is 0 Å². The van der Waals surface area contributed by atoms with Gasteiger partial charge in [0.2, 0.25) is 5.91 Å². The van der Waals surface area contributed by atoms with Crippen molar-refractivity contribution in [3.05, 3.63) is 35.9 Å². The summed E-state index contributed by atoms with van der Waals surface area (Å²) in [6.45, 7) is -0.141. The molecule has 1 saturated carbocycles. The lowest BCUT2D eigenvalue weighted by Crippen LogP contribution is -2.51. The van der Waals surface area contributed by atoms with Crippen molar-refractivity contribution in [1.82, 2.24) is 21.5 Å². The van der Waals surface area contributed by atoms with E-state index in [1.807, 2.05) is 0 Å². The molecular formula is C17H22N4O3S. The van der Waals surface area contributed by atoms with Crippen LogP contribution in [0.1, 0.15) is 42.5 Å². The van der Waals surface area contributed by atoms with E-state index in [2.05, 4.69) is 21.5 Å². The minimum Gasteiger partial charge on any atom is -0.347 e. The average molecular weight is 362 g/mol. The van der Waals surface area contributed by atoms with Crippen molar-refractivity contribution < 1.29 is 14.4 Å². The predicted molar refractivity (Wildman–Crippen MR) is 97.4 cm³/mol. The topological polar surface area (TPSA) is 99.3 Å². The van der Waals surface area contributed by atoms with Gasteiger partial charge in [0.15, 0.2) is 5.11 Å². The van der Waals surface area contributed by atoms with Gasteiger partial charge in [-0.1, -0.05) is 37.5 Å². The quantitative estimate of drug-likeness (QED) is 0.473. The number of hydrogen-bond acceptors (Lipinski definition) is 4. The number of amides is 3. The first-order valence-corrected chi connectivity index (χ1v) is 8.70. The van der Waals surface area contributed by atoms with Gasteiger partial charge in [0, 0.05) is 11.5 Å². The summed E-state index contributed by atoms with van der Waals surface area (Å²) < 4.78 is 0. The van der Waals surface area contributed by atoms with E-state index in [1.54, 1.807) is 30.3 Å². The third-order valence-corrected chi connectivity index (χ3v) is 4.18. The van der Waals surface area contributed by atoms with E-state index >= 15 is 0 Å². The van der Waals surface area contributed by atoms with E-state index in [9.17, 15) is 14.4 Å².